The predicted octanol–water partition coefficient (Wildman–Crippen LogP) is 1.97. The molecule has 0 saturated carbocycles. The van der Waals surface area contributed by atoms with Crippen LogP contribution in [-0.2, 0) is 0 Å². The molecular formula is C11H17N3S. The van der Waals surface area contributed by atoms with Crippen LogP contribution in [0.2, 0.25) is 0 Å². The molecule has 0 aliphatic carbocycles. The summed E-state index contributed by atoms with van der Waals surface area (Å²) in [6.07, 6.45) is 4.34. The van der Waals surface area contributed by atoms with Gasteiger partial charge in [0.2, 0.25) is 0 Å². The summed E-state index contributed by atoms with van der Waals surface area (Å²) in [6, 6.07) is 4.43. The third-order valence-electron chi connectivity index (χ3n) is 2.22. The van der Waals surface area contributed by atoms with Crippen LogP contribution in [0.1, 0.15) is 20.3 Å². The van der Waals surface area contributed by atoms with E-state index in [0.29, 0.717) is 11.0 Å². The lowest BCUT2D eigenvalue weighted by Crippen LogP contribution is -2.33. The van der Waals surface area contributed by atoms with Crippen molar-refractivity contribution in [1.29, 1.82) is 0 Å². The molecule has 0 aliphatic rings. The maximum Gasteiger partial charge on any atom is 0.0745 e. The van der Waals surface area contributed by atoms with Crippen molar-refractivity contribution >= 4 is 22.9 Å². The van der Waals surface area contributed by atoms with Gasteiger partial charge in [-0.1, -0.05) is 12.2 Å². The average Bonchev–Trinajstić information content (AvgIpc) is 2.18. The van der Waals surface area contributed by atoms with Gasteiger partial charge in [0, 0.05) is 37.1 Å². The van der Waals surface area contributed by atoms with Crippen LogP contribution in [0.4, 0.5) is 5.69 Å². The molecule has 3 nitrogen and oxygen atoms in total. The topological polar surface area (TPSA) is 42.1 Å². The number of rotatable bonds is 5. The van der Waals surface area contributed by atoms with Gasteiger partial charge in [-0.2, -0.15) is 0 Å². The highest BCUT2D eigenvalue weighted by Crippen LogP contribution is 2.15. The van der Waals surface area contributed by atoms with Gasteiger partial charge in [-0.25, -0.2) is 0 Å². The Morgan fingerprint density at radius 3 is 2.53 bits per heavy atom. The average molecular weight is 223 g/mol. The zero-order chi connectivity index (χ0) is 11.3. The Hall–Kier alpha value is -1.16. The molecule has 0 radical (unpaired) electrons. The lowest BCUT2D eigenvalue weighted by atomic mass is 10.2. The van der Waals surface area contributed by atoms with E-state index < -0.39 is 0 Å². The molecule has 1 aromatic heterocycles. The molecule has 1 aromatic rings. The van der Waals surface area contributed by atoms with Crippen molar-refractivity contribution < 1.29 is 0 Å². The van der Waals surface area contributed by atoms with Crippen molar-refractivity contribution in [2.75, 3.05) is 11.4 Å². The monoisotopic (exact) mass is 223 g/mol. The summed E-state index contributed by atoms with van der Waals surface area (Å²) < 4.78 is 0. The molecule has 1 rings (SSSR count). The fraction of sp³-hybridized carbons (Fsp3) is 0.455. The Morgan fingerprint density at radius 2 is 2.07 bits per heavy atom. The van der Waals surface area contributed by atoms with Crippen LogP contribution in [-0.4, -0.2) is 22.6 Å². The molecule has 0 spiro atoms. The first-order valence-electron chi connectivity index (χ1n) is 5.06. The molecule has 82 valence electrons. The van der Waals surface area contributed by atoms with Crippen LogP contribution in [0.3, 0.4) is 0 Å². The Balaban J connectivity index is 2.70. The summed E-state index contributed by atoms with van der Waals surface area (Å²) in [5.41, 5.74) is 6.67. The van der Waals surface area contributed by atoms with E-state index in [1.807, 2.05) is 12.1 Å². The van der Waals surface area contributed by atoms with Crippen LogP contribution in [0.25, 0.3) is 0 Å². The zero-order valence-electron chi connectivity index (χ0n) is 9.18. The number of hydrogen-bond acceptors (Lipinski definition) is 3. The maximum atomic E-state index is 5.51. The largest absolute Gasteiger partial charge is 0.393 e. The molecular weight excluding hydrogens is 206 g/mol. The highest BCUT2D eigenvalue weighted by Gasteiger charge is 2.09. The Kier molecular flexibility index (Phi) is 4.49. The summed E-state index contributed by atoms with van der Waals surface area (Å²) in [5, 5.41) is 0. The summed E-state index contributed by atoms with van der Waals surface area (Å²) in [5.74, 6) is 0. The van der Waals surface area contributed by atoms with E-state index in [9.17, 15) is 0 Å². The molecule has 0 aromatic carbocycles. The first-order chi connectivity index (χ1) is 7.11. The Morgan fingerprint density at radius 1 is 1.47 bits per heavy atom. The lowest BCUT2D eigenvalue weighted by Gasteiger charge is -2.28. The van der Waals surface area contributed by atoms with Gasteiger partial charge in [-0.05, 0) is 26.0 Å². The molecule has 0 unspecified atom stereocenters. The number of nitrogens with zero attached hydrogens (tertiary/aromatic N) is 2. The second kappa shape index (κ2) is 5.66. The fourth-order valence-electron chi connectivity index (χ4n) is 1.45. The number of pyridine rings is 1. The van der Waals surface area contributed by atoms with Gasteiger partial charge in [-0.15, -0.1) is 0 Å². The van der Waals surface area contributed by atoms with E-state index in [1.165, 1.54) is 0 Å². The second-order valence-corrected chi connectivity index (χ2v) is 4.23. The van der Waals surface area contributed by atoms with Gasteiger partial charge in [-0.3, -0.25) is 4.98 Å². The molecule has 0 bridgehead atoms. The van der Waals surface area contributed by atoms with Gasteiger partial charge < -0.3 is 10.6 Å². The van der Waals surface area contributed by atoms with Crippen LogP contribution in [0.15, 0.2) is 24.5 Å². The van der Waals surface area contributed by atoms with Crippen LogP contribution in [0.5, 0.6) is 0 Å². The fourth-order valence-corrected chi connectivity index (χ4v) is 1.54. The molecule has 0 fully saturated rings. The highest BCUT2D eigenvalue weighted by atomic mass is 32.1. The first-order valence-corrected chi connectivity index (χ1v) is 5.47. The molecule has 0 aliphatic heterocycles. The number of thiocarbonyl (C=S) groups is 1. The van der Waals surface area contributed by atoms with Crippen molar-refractivity contribution in [1.82, 2.24) is 4.98 Å². The van der Waals surface area contributed by atoms with Crippen LogP contribution >= 0.6 is 12.2 Å². The number of aromatic nitrogens is 1. The summed E-state index contributed by atoms with van der Waals surface area (Å²) >= 11 is 4.89. The van der Waals surface area contributed by atoms with Crippen molar-refractivity contribution in [2.24, 2.45) is 5.73 Å². The number of hydrogen-bond donors (Lipinski definition) is 1. The second-order valence-electron chi connectivity index (χ2n) is 3.71. The number of anilines is 1. The van der Waals surface area contributed by atoms with Crippen molar-refractivity contribution in [2.45, 2.75) is 26.3 Å². The highest BCUT2D eigenvalue weighted by molar-refractivity contribution is 7.80. The van der Waals surface area contributed by atoms with Crippen LogP contribution < -0.4 is 10.6 Å². The molecule has 0 amide bonds. The Bertz CT molecular complexity index is 311. The zero-order valence-corrected chi connectivity index (χ0v) is 10.00. The van der Waals surface area contributed by atoms with E-state index >= 15 is 0 Å². The van der Waals surface area contributed by atoms with Gasteiger partial charge in [0.25, 0.3) is 0 Å². The summed E-state index contributed by atoms with van der Waals surface area (Å²) in [6.45, 7) is 5.16. The SMILES string of the molecule is CC(C)N(CCC(N)=S)c1ccncc1. The van der Waals surface area contributed by atoms with E-state index in [4.69, 9.17) is 18.0 Å². The van der Waals surface area contributed by atoms with Crippen molar-refractivity contribution in [3.05, 3.63) is 24.5 Å². The standard InChI is InChI=1S/C11H17N3S/c1-9(2)14(8-5-11(12)15)10-3-6-13-7-4-10/h3-4,6-7,9H,5,8H2,1-2H3,(H2,12,15). The number of nitrogens with two attached hydrogens (primary N) is 1. The molecule has 0 saturated heterocycles. The smallest absolute Gasteiger partial charge is 0.0745 e. The quantitative estimate of drug-likeness (QED) is 0.775. The molecule has 15 heavy (non-hydrogen) atoms. The predicted molar refractivity (Wildman–Crippen MR) is 68.1 cm³/mol. The Labute approximate surface area is 96.3 Å². The minimum atomic E-state index is 0.432. The van der Waals surface area contributed by atoms with Gasteiger partial charge in [0.15, 0.2) is 0 Å². The summed E-state index contributed by atoms with van der Waals surface area (Å²) in [4.78, 5) is 6.83. The van der Waals surface area contributed by atoms with Crippen molar-refractivity contribution in [3.8, 4) is 0 Å². The normalized spacial score (nSPS) is 10.3. The summed E-state index contributed by atoms with van der Waals surface area (Å²) in [7, 11) is 0. The molecule has 0 atom stereocenters. The third-order valence-corrected chi connectivity index (χ3v) is 2.42. The first kappa shape index (κ1) is 11.9. The molecule has 4 heteroatoms. The van der Waals surface area contributed by atoms with E-state index in [2.05, 4.69) is 23.7 Å². The van der Waals surface area contributed by atoms with E-state index in [1.54, 1.807) is 12.4 Å². The minimum Gasteiger partial charge on any atom is -0.393 e. The van der Waals surface area contributed by atoms with E-state index in [-0.39, 0.29) is 0 Å². The molecule has 1 heterocycles. The lowest BCUT2D eigenvalue weighted by molar-refractivity contribution is 0.690. The third kappa shape index (κ3) is 3.83. The van der Waals surface area contributed by atoms with Crippen LogP contribution in [0, 0.1) is 0 Å². The van der Waals surface area contributed by atoms with E-state index in [0.717, 1.165) is 18.7 Å². The maximum absolute atomic E-state index is 5.51. The van der Waals surface area contributed by atoms with Gasteiger partial charge in [0.05, 0.1) is 4.99 Å². The van der Waals surface area contributed by atoms with Crippen molar-refractivity contribution in [3.63, 3.8) is 0 Å². The molecule has 2 N–H and O–H groups in total. The van der Waals surface area contributed by atoms with Gasteiger partial charge in [0.1, 0.15) is 0 Å². The van der Waals surface area contributed by atoms with Gasteiger partial charge >= 0.3 is 0 Å². The minimum absolute atomic E-state index is 0.432.